The van der Waals surface area contributed by atoms with Crippen molar-refractivity contribution in [3.63, 3.8) is 0 Å². The van der Waals surface area contributed by atoms with Crippen molar-refractivity contribution in [1.29, 1.82) is 0 Å². The second-order valence-corrected chi connectivity index (χ2v) is 8.17. The molecule has 0 atom stereocenters. The van der Waals surface area contributed by atoms with Gasteiger partial charge < -0.3 is 9.84 Å². The zero-order chi connectivity index (χ0) is 20.2. The van der Waals surface area contributed by atoms with Crippen molar-refractivity contribution < 1.29 is 9.45 Å². The van der Waals surface area contributed by atoms with E-state index in [1.807, 2.05) is 31.2 Å². The quantitative estimate of drug-likeness (QED) is 0.251. The number of nitrogens with zero attached hydrogens (tertiary/aromatic N) is 5. The first-order valence-electron chi connectivity index (χ1n) is 8.44. The molecule has 11 heteroatoms. The highest BCUT2D eigenvalue weighted by atomic mass is 32.2. The Morgan fingerprint density at radius 2 is 1.90 bits per heavy atom. The highest BCUT2D eigenvalue weighted by Gasteiger charge is 2.13. The van der Waals surface area contributed by atoms with Gasteiger partial charge in [-0.05, 0) is 31.2 Å². The SMILES string of the molecule is Cc1ccc(Nc2nnc(SCc3nc(-c4ccc([N+](=O)[O-])cc4)no3)s2)cc1. The highest BCUT2D eigenvalue weighted by molar-refractivity contribution is 8.00. The fourth-order valence-corrected chi connectivity index (χ4v) is 3.98. The van der Waals surface area contributed by atoms with Crippen LogP contribution in [0.3, 0.4) is 0 Å². The van der Waals surface area contributed by atoms with Gasteiger partial charge in [-0.25, -0.2) is 0 Å². The van der Waals surface area contributed by atoms with Crippen molar-refractivity contribution in [3.05, 3.63) is 70.1 Å². The smallest absolute Gasteiger partial charge is 0.269 e. The monoisotopic (exact) mass is 426 g/mol. The molecule has 2 aromatic carbocycles. The Kier molecular flexibility index (Phi) is 5.49. The molecule has 0 radical (unpaired) electrons. The molecule has 0 unspecified atom stereocenters. The average Bonchev–Trinajstić information content (AvgIpc) is 3.38. The van der Waals surface area contributed by atoms with Crippen molar-refractivity contribution >= 4 is 39.6 Å². The predicted molar refractivity (Wildman–Crippen MR) is 110 cm³/mol. The minimum atomic E-state index is -0.452. The van der Waals surface area contributed by atoms with E-state index in [9.17, 15) is 10.1 Å². The number of aromatic nitrogens is 4. The van der Waals surface area contributed by atoms with Crippen LogP contribution in [0.2, 0.25) is 0 Å². The van der Waals surface area contributed by atoms with E-state index in [1.165, 1.54) is 40.8 Å². The maximum absolute atomic E-state index is 10.7. The Morgan fingerprint density at radius 1 is 1.14 bits per heavy atom. The summed E-state index contributed by atoms with van der Waals surface area (Å²) in [5.74, 6) is 1.26. The summed E-state index contributed by atoms with van der Waals surface area (Å²) < 4.78 is 6.03. The molecule has 0 aliphatic rings. The first-order valence-corrected chi connectivity index (χ1v) is 10.2. The molecule has 9 nitrogen and oxygen atoms in total. The van der Waals surface area contributed by atoms with E-state index in [0.29, 0.717) is 28.2 Å². The van der Waals surface area contributed by atoms with Crippen LogP contribution in [0.1, 0.15) is 11.5 Å². The number of non-ortho nitro benzene ring substituents is 1. The van der Waals surface area contributed by atoms with Gasteiger partial charge in [0.05, 0.1) is 10.7 Å². The molecule has 0 bridgehead atoms. The number of nitro benzene ring substituents is 1. The van der Waals surface area contributed by atoms with Gasteiger partial charge >= 0.3 is 0 Å². The average molecular weight is 426 g/mol. The summed E-state index contributed by atoms with van der Waals surface area (Å²) >= 11 is 2.88. The van der Waals surface area contributed by atoms with Crippen LogP contribution in [-0.2, 0) is 5.75 Å². The van der Waals surface area contributed by atoms with Crippen LogP contribution in [0.15, 0.2) is 57.4 Å². The van der Waals surface area contributed by atoms with Gasteiger partial charge in [0.1, 0.15) is 0 Å². The number of thioether (sulfide) groups is 1. The number of rotatable bonds is 7. The third-order valence-corrected chi connectivity index (χ3v) is 5.79. The van der Waals surface area contributed by atoms with Gasteiger partial charge in [0.25, 0.3) is 5.69 Å². The van der Waals surface area contributed by atoms with E-state index in [4.69, 9.17) is 4.52 Å². The molecule has 2 aromatic heterocycles. The van der Waals surface area contributed by atoms with Crippen LogP contribution in [0.5, 0.6) is 0 Å². The molecule has 0 aliphatic heterocycles. The molecule has 4 rings (SSSR count). The van der Waals surface area contributed by atoms with Crippen LogP contribution >= 0.6 is 23.1 Å². The van der Waals surface area contributed by atoms with Crippen molar-refractivity contribution in [3.8, 4) is 11.4 Å². The minimum Gasteiger partial charge on any atom is -0.338 e. The predicted octanol–water partition coefficient (Wildman–Crippen LogP) is 4.84. The maximum atomic E-state index is 10.7. The number of hydrogen-bond acceptors (Lipinski definition) is 10. The Bertz CT molecular complexity index is 1130. The lowest BCUT2D eigenvalue weighted by molar-refractivity contribution is -0.384. The molecule has 4 aromatic rings. The highest BCUT2D eigenvalue weighted by Crippen LogP contribution is 2.30. The molecule has 0 saturated carbocycles. The second-order valence-electron chi connectivity index (χ2n) is 5.97. The number of hydrogen-bond donors (Lipinski definition) is 1. The largest absolute Gasteiger partial charge is 0.338 e. The van der Waals surface area contributed by atoms with E-state index in [0.717, 1.165) is 10.0 Å². The summed E-state index contributed by atoms with van der Waals surface area (Å²) in [5.41, 5.74) is 2.81. The van der Waals surface area contributed by atoms with Crippen LogP contribution in [0.4, 0.5) is 16.5 Å². The first kappa shape index (κ1) is 19.0. The molecule has 146 valence electrons. The first-order chi connectivity index (χ1) is 14.1. The van der Waals surface area contributed by atoms with Gasteiger partial charge in [-0.3, -0.25) is 10.1 Å². The van der Waals surface area contributed by atoms with Crippen LogP contribution in [-0.4, -0.2) is 25.3 Å². The van der Waals surface area contributed by atoms with Gasteiger partial charge in [0.15, 0.2) is 4.34 Å². The summed E-state index contributed by atoms with van der Waals surface area (Å²) in [6, 6.07) is 14.0. The van der Waals surface area contributed by atoms with E-state index in [1.54, 1.807) is 12.1 Å². The third kappa shape index (κ3) is 4.76. The Balaban J connectivity index is 1.36. The molecular formula is C18H14N6O3S2. The molecule has 1 N–H and O–H groups in total. The fourth-order valence-electron chi connectivity index (χ4n) is 2.37. The maximum Gasteiger partial charge on any atom is 0.269 e. The Morgan fingerprint density at radius 3 is 2.62 bits per heavy atom. The van der Waals surface area contributed by atoms with Crippen LogP contribution in [0.25, 0.3) is 11.4 Å². The Hall–Kier alpha value is -3.31. The van der Waals surface area contributed by atoms with Gasteiger partial charge in [-0.2, -0.15) is 4.98 Å². The zero-order valence-corrected chi connectivity index (χ0v) is 16.7. The molecule has 29 heavy (non-hydrogen) atoms. The van der Waals surface area contributed by atoms with Crippen LogP contribution in [0, 0.1) is 17.0 Å². The number of benzene rings is 2. The van der Waals surface area contributed by atoms with Crippen molar-refractivity contribution in [1.82, 2.24) is 20.3 Å². The van der Waals surface area contributed by atoms with Crippen molar-refractivity contribution in [2.24, 2.45) is 0 Å². The van der Waals surface area contributed by atoms with Crippen molar-refractivity contribution in [2.45, 2.75) is 17.0 Å². The Labute approximate surface area is 173 Å². The number of aryl methyl sites for hydroxylation is 1. The summed E-state index contributed by atoms with van der Waals surface area (Å²) in [6.07, 6.45) is 0. The standard InChI is InChI=1S/C18H14N6O3S2/c1-11-2-6-13(7-3-11)19-17-21-22-18(29-17)28-10-15-20-16(23-27-15)12-4-8-14(9-5-12)24(25)26/h2-9H,10H2,1H3,(H,19,21). The summed E-state index contributed by atoms with van der Waals surface area (Å²) in [5, 5.41) is 26.9. The number of nitro groups is 1. The van der Waals surface area contributed by atoms with Gasteiger partial charge in [-0.15, -0.1) is 10.2 Å². The lowest BCUT2D eigenvalue weighted by Gasteiger charge is -2.01. The fraction of sp³-hybridized carbons (Fsp3) is 0.111. The zero-order valence-electron chi connectivity index (χ0n) is 15.1. The molecule has 0 aliphatic carbocycles. The molecular weight excluding hydrogens is 412 g/mol. The van der Waals surface area contributed by atoms with E-state index >= 15 is 0 Å². The van der Waals surface area contributed by atoms with Crippen LogP contribution < -0.4 is 5.32 Å². The van der Waals surface area contributed by atoms with E-state index in [-0.39, 0.29) is 5.69 Å². The lowest BCUT2D eigenvalue weighted by Crippen LogP contribution is -1.88. The normalized spacial score (nSPS) is 10.8. The van der Waals surface area contributed by atoms with Gasteiger partial charge in [0, 0.05) is 23.4 Å². The van der Waals surface area contributed by atoms with Gasteiger partial charge in [0.2, 0.25) is 16.8 Å². The van der Waals surface area contributed by atoms with E-state index < -0.39 is 4.92 Å². The van der Waals surface area contributed by atoms with E-state index in [2.05, 4.69) is 25.7 Å². The molecule has 0 fully saturated rings. The topological polar surface area (TPSA) is 120 Å². The van der Waals surface area contributed by atoms with Gasteiger partial charge in [-0.1, -0.05) is 46.0 Å². The minimum absolute atomic E-state index is 0.0133. The number of nitrogens with one attached hydrogen (secondary N) is 1. The molecule has 0 amide bonds. The molecule has 0 saturated heterocycles. The molecule has 0 spiro atoms. The lowest BCUT2D eigenvalue weighted by atomic mass is 10.2. The summed E-state index contributed by atoms with van der Waals surface area (Å²) in [4.78, 5) is 14.6. The summed E-state index contributed by atoms with van der Waals surface area (Å²) in [6.45, 7) is 2.04. The third-order valence-electron chi connectivity index (χ3n) is 3.83. The second kappa shape index (κ2) is 8.37. The molecule has 2 heterocycles. The number of anilines is 2. The summed E-state index contributed by atoms with van der Waals surface area (Å²) in [7, 11) is 0. The van der Waals surface area contributed by atoms with Crippen molar-refractivity contribution in [2.75, 3.05) is 5.32 Å².